The number of aliphatic hydroxyl groups excluding tert-OH is 1. The number of nitrogens with zero attached hydrogens (tertiary/aromatic N) is 2. The Morgan fingerprint density at radius 1 is 1.91 bits per heavy atom. The van der Waals surface area contributed by atoms with Crippen molar-refractivity contribution in [2.45, 2.75) is 13.0 Å². The Labute approximate surface area is 62.0 Å². The third kappa shape index (κ3) is 1.35. The van der Waals surface area contributed by atoms with E-state index in [0.29, 0.717) is 0 Å². The molecule has 1 aromatic heterocycles. The highest BCUT2D eigenvalue weighted by molar-refractivity contribution is 5.32. The molecule has 0 aliphatic carbocycles. The van der Waals surface area contributed by atoms with E-state index in [0.717, 1.165) is 6.20 Å². The molecule has 0 unspecified atom stereocenters. The number of rotatable bonds is 2. The topological polar surface area (TPSA) is 92.0 Å². The molecular weight excluding hydrogens is 150 g/mol. The summed E-state index contributed by atoms with van der Waals surface area (Å²) in [7, 11) is 0. The summed E-state index contributed by atoms with van der Waals surface area (Å²) < 4.78 is 0. The van der Waals surface area contributed by atoms with E-state index in [1.54, 1.807) is 0 Å². The summed E-state index contributed by atoms with van der Waals surface area (Å²) in [5.74, 6) is 0. The second kappa shape index (κ2) is 2.67. The maximum absolute atomic E-state index is 10.2. The van der Waals surface area contributed by atoms with E-state index in [4.69, 9.17) is 5.11 Å². The predicted octanol–water partition coefficient (Wildman–Crippen LogP) is 0.371. The standard InChI is InChI=1S/C5H7N3O3/c1-3(9)5-4(8(10)11)2-6-7-5/h2-3,9H,1H3,(H,6,7)/t3-/m1/s1. The molecule has 0 aliphatic heterocycles. The molecule has 6 nitrogen and oxygen atoms in total. The number of aromatic amines is 1. The van der Waals surface area contributed by atoms with Crippen molar-refractivity contribution in [3.63, 3.8) is 0 Å². The molecule has 0 fully saturated rings. The Hall–Kier alpha value is -1.43. The molecule has 1 atom stereocenters. The van der Waals surface area contributed by atoms with Gasteiger partial charge < -0.3 is 5.11 Å². The van der Waals surface area contributed by atoms with Crippen LogP contribution in [0.2, 0.25) is 0 Å². The fraction of sp³-hybridized carbons (Fsp3) is 0.400. The molecule has 0 amide bonds. The predicted molar refractivity (Wildman–Crippen MR) is 35.9 cm³/mol. The lowest BCUT2D eigenvalue weighted by Crippen LogP contribution is -1.96. The van der Waals surface area contributed by atoms with Crippen molar-refractivity contribution in [1.29, 1.82) is 0 Å². The zero-order valence-corrected chi connectivity index (χ0v) is 5.81. The summed E-state index contributed by atoms with van der Waals surface area (Å²) in [5, 5.41) is 25.0. The number of hydrogen-bond acceptors (Lipinski definition) is 4. The summed E-state index contributed by atoms with van der Waals surface area (Å²) in [6.45, 7) is 1.43. The summed E-state index contributed by atoms with van der Waals surface area (Å²) >= 11 is 0. The lowest BCUT2D eigenvalue weighted by atomic mass is 10.2. The van der Waals surface area contributed by atoms with E-state index in [1.165, 1.54) is 6.92 Å². The maximum atomic E-state index is 10.2. The Morgan fingerprint density at radius 2 is 2.55 bits per heavy atom. The molecule has 1 heterocycles. The van der Waals surface area contributed by atoms with Crippen LogP contribution in [0, 0.1) is 10.1 Å². The van der Waals surface area contributed by atoms with Crippen LogP contribution in [0.5, 0.6) is 0 Å². The Kier molecular flexibility index (Phi) is 1.86. The van der Waals surface area contributed by atoms with E-state index in [-0.39, 0.29) is 11.4 Å². The second-order valence-electron chi connectivity index (χ2n) is 2.10. The number of hydrogen-bond donors (Lipinski definition) is 2. The number of nitrogens with one attached hydrogen (secondary N) is 1. The van der Waals surface area contributed by atoms with E-state index in [2.05, 4.69) is 10.2 Å². The number of aliphatic hydroxyl groups is 1. The van der Waals surface area contributed by atoms with Crippen LogP contribution in [-0.2, 0) is 0 Å². The molecule has 0 saturated carbocycles. The van der Waals surface area contributed by atoms with Gasteiger partial charge in [-0.3, -0.25) is 15.2 Å². The molecule has 2 N–H and O–H groups in total. The quantitative estimate of drug-likeness (QED) is 0.479. The third-order valence-corrected chi connectivity index (χ3v) is 1.26. The molecular formula is C5H7N3O3. The number of nitro groups is 1. The van der Waals surface area contributed by atoms with Crippen LogP contribution in [0.3, 0.4) is 0 Å². The molecule has 0 aromatic carbocycles. The van der Waals surface area contributed by atoms with Crippen molar-refractivity contribution in [2.75, 3.05) is 0 Å². The van der Waals surface area contributed by atoms with Gasteiger partial charge in [-0.25, -0.2) is 0 Å². The Balaban J connectivity index is 3.06. The van der Waals surface area contributed by atoms with Crippen LogP contribution in [0.1, 0.15) is 18.7 Å². The van der Waals surface area contributed by atoms with Gasteiger partial charge in [-0.15, -0.1) is 0 Å². The first-order valence-electron chi connectivity index (χ1n) is 2.98. The molecule has 0 aliphatic rings. The van der Waals surface area contributed by atoms with Crippen molar-refractivity contribution in [1.82, 2.24) is 10.2 Å². The van der Waals surface area contributed by atoms with Gasteiger partial charge in [0, 0.05) is 0 Å². The first-order valence-corrected chi connectivity index (χ1v) is 2.98. The van der Waals surface area contributed by atoms with Gasteiger partial charge in [0.1, 0.15) is 11.9 Å². The largest absolute Gasteiger partial charge is 0.387 e. The summed E-state index contributed by atoms with van der Waals surface area (Å²) in [6.07, 6.45) is 0.181. The van der Waals surface area contributed by atoms with Gasteiger partial charge in [0.05, 0.1) is 11.0 Å². The van der Waals surface area contributed by atoms with Gasteiger partial charge in [0.2, 0.25) is 0 Å². The summed E-state index contributed by atoms with van der Waals surface area (Å²) in [6, 6.07) is 0. The van der Waals surface area contributed by atoms with Crippen LogP contribution in [0.15, 0.2) is 6.20 Å². The van der Waals surface area contributed by atoms with Crippen molar-refractivity contribution in [3.8, 4) is 0 Å². The zero-order valence-electron chi connectivity index (χ0n) is 5.81. The molecule has 60 valence electrons. The van der Waals surface area contributed by atoms with E-state index in [9.17, 15) is 10.1 Å². The summed E-state index contributed by atoms with van der Waals surface area (Å²) in [4.78, 5) is 9.63. The van der Waals surface area contributed by atoms with Crippen molar-refractivity contribution in [2.24, 2.45) is 0 Å². The molecule has 0 spiro atoms. The first-order chi connectivity index (χ1) is 5.13. The maximum Gasteiger partial charge on any atom is 0.312 e. The van der Waals surface area contributed by atoms with Crippen molar-refractivity contribution >= 4 is 5.69 Å². The lowest BCUT2D eigenvalue weighted by molar-refractivity contribution is -0.386. The van der Waals surface area contributed by atoms with Crippen LogP contribution >= 0.6 is 0 Å². The van der Waals surface area contributed by atoms with Gasteiger partial charge in [-0.1, -0.05) is 0 Å². The second-order valence-corrected chi connectivity index (χ2v) is 2.10. The minimum atomic E-state index is -0.891. The first kappa shape index (κ1) is 7.67. The average Bonchev–Trinajstić information content (AvgIpc) is 2.32. The smallest absolute Gasteiger partial charge is 0.312 e. The molecule has 1 rings (SSSR count). The summed E-state index contributed by atoms with van der Waals surface area (Å²) in [5.41, 5.74) is -0.0463. The van der Waals surface area contributed by atoms with E-state index < -0.39 is 11.0 Å². The average molecular weight is 157 g/mol. The van der Waals surface area contributed by atoms with Gasteiger partial charge >= 0.3 is 5.69 Å². The lowest BCUT2D eigenvalue weighted by Gasteiger charge is -1.97. The molecule has 0 saturated heterocycles. The van der Waals surface area contributed by atoms with Crippen LogP contribution in [-0.4, -0.2) is 20.2 Å². The molecule has 11 heavy (non-hydrogen) atoms. The minimum Gasteiger partial charge on any atom is -0.387 e. The Morgan fingerprint density at radius 3 is 2.91 bits per heavy atom. The van der Waals surface area contributed by atoms with Crippen molar-refractivity contribution in [3.05, 3.63) is 22.0 Å². The normalized spacial score (nSPS) is 12.9. The third-order valence-electron chi connectivity index (χ3n) is 1.26. The zero-order chi connectivity index (χ0) is 8.43. The van der Waals surface area contributed by atoms with Crippen LogP contribution in [0.25, 0.3) is 0 Å². The molecule has 0 radical (unpaired) electrons. The number of aromatic nitrogens is 2. The highest BCUT2D eigenvalue weighted by Gasteiger charge is 2.19. The number of H-pyrrole nitrogens is 1. The van der Waals surface area contributed by atoms with E-state index in [1.807, 2.05) is 0 Å². The van der Waals surface area contributed by atoms with Crippen molar-refractivity contribution < 1.29 is 10.0 Å². The fourth-order valence-electron chi connectivity index (χ4n) is 0.743. The molecule has 6 heteroatoms. The van der Waals surface area contributed by atoms with Crippen LogP contribution in [0.4, 0.5) is 5.69 Å². The van der Waals surface area contributed by atoms with Gasteiger partial charge in [-0.2, -0.15) is 5.10 Å². The van der Waals surface area contributed by atoms with Gasteiger partial charge in [-0.05, 0) is 6.92 Å². The fourth-order valence-corrected chi connectivity index (χ4v) is 0.743. The SMILES string of the molecule is C[C@@H](O)c1[nH]ncc1[N+](=O)[O-]. The molecule has 1 aromatic rings. The highest BCUT2D eigenvalue weighted by Crippen LogP contribution is 2.20. The van der Waals surface area contributed by atoms with Gasteiger partial charge in [0.25, 0.3) is 0 Å². The van der Waals surface area contributed by atoms with E-state index >= 15 is 0 Å². The monoisotopic (exact) mass is 157 g/mol. The van der Waals surface area contributed by atoms with Gasteiger partial charge in [0.15, 0.2) is 0 Å². The van der Waals surface area contributed by atoms with Crippen LogP contribution < -0.4 is 0 Å². The highest BCUT2D eigenvalue weighted by atomic mass is 16.6. The molecule has 0 bridgehead atoms. The Bertz CT molecular complexity index is 268. The minimum absolute atomic E-state index is 0.134.